The number of aromatic nitrogens is 2. The van der Waals surface area contributed by atoms with Crippen molar-refractivity contribution in [1.29, 1.82) is 0 Å². The zero-order valence-electron chi connectivity index (χ0n) is 18.2. The summed E-state index contributed by atoms with van der Waals surface area (Å²) in [6.45, 7) is 1.87. The zero-order valence-corrected chi connectivity index (χ0v) is 20.7. The smallest absolute Gasteiger partial charge is 0.238 e. The number of anilines is 2. The summed E-state index contributed by atoms with van der Waals surface area (Å²) in [4.78, 5) is 30.7. The van der Waals surface area contributed by atoms with Crippen LogP contribution in [0.2, 0.25) is 0 Å². The summed E-state index contributed by atoms with van der Waals surface area (Å²) in [5.74, 6) is 1.20. The largest absolute Gasteiger partial charge is 0.302 e. The van der Waals surface area contributed by atoms with Gasteiger partial charge in [0.25, 0.3) is 0 Å². The third-order valence-electron chi connectivity index (χ3n) is 5.69. The van der Waals surface area contributed by atoms with Crippen molar-refractivity contribution in [1.82, 2.24) is 10.2 Å². The lowest BCUT2D eigenvalue weighted by atomic mass is 10.1. The van der Waals surface area contributed by atoms with Crippen molar-refractivity contribution in [2.24, 2.45) is 0 Å². The van der Waals surface area contributed by atoms with E-state index in [0.29, 0.717) is 15.9 Å². The molecule has 3 aromatic rings. The molecule has 0 spiro atoms. The molecule has 0 unspecified atom stereocenters. The molecule has 1 fully saturated rings. The van der Waals surface area contributed by atoms with Crippen LogP contribution in [-0.4, -0.2) is 39.6 Å². The lowest BCUT2D eigenvalue weighted by molar-refractivity contribution is -0.118. The van der Waals surface area contributed by atoms with Crippen molar-refractivity contribution < 1.29 is 9.59 Å². The highest BCUT2D eigenvalue weighted by molar-refractivity contribution is 8.01. The van der Waals surface area contributed by atoms with Gasteiger partial charge < -0.3 is 4.90 Å². The molecule has 2 heterocycles. The minimum absolute atomic E-state index is 0.0169. The molecule has 2 amide bonds. The second-order valence-electron chi connectivity index (χ2n) is 7.96. The summed E-state index contributed by atoms with van der Waals surface area (Å²) in [7, 11) is 0. The summed E-state index contributed by atoms with van der Waals surface area (Å²) < 4.78 is 0.712. The highest BCUT2D eigenvalue weighted by Gasteiger charge is 2.36. The van der Waals surface area contributed by atoms with Crippen LogP contribution in [0, 0.1) is 0 Å². The van der Waals surface area contributed by atoms with E-state index in [2.05, 4.69) is 28.4 Å². The fourth-order valence-corrected chi connectivity index (χ4v) is 6.90. The molecule has 1 aliphatic carbocycles. The number of para-hydroxylation sites is 1. The number of fused-ring (bicyclic) bond motifs is 1. The maximum atomic E-state index is 13.5. The highest BCUT2D eigenvalue weighted by Crippen LogP contribution is 2.44. The fraction of sp³-hybridized carbons (Fsp3) is 0.333. The summed E-state index contributed by atoms with van der Waals surface area (Å²) in [5.41, 5.74) is 2.09. The van der Waals surface area contributed by atoms with E-state index in [-0.39, 0.29) is 29.7 Å². The minimum Gasteiger partial charge on any atom is -0.302 e. The molecule has 0 N–H and O–H groups in total. The number of hydrogen-bond donors (Lipinski definition) is 0. The SMILES string of the molecule is CCC(=O)N(c1nnc(SCC(=O)N2c3ccccc3SC[C@H]2c2ccccc2)s1)C1CC1. The molecule has 170 valence electrons. The fourth-order valence-electron chi connectivity index (χ4n) is 3.94. The standard InChI is InChI=1S/C24H24N4O2S3/c1-2-21(29)27(17-12-13-17)23-25-26-24(33-23)32-15-22(30)28-18-10-6-7-11-20(18)31-14-19(28)16-8-4-3-5-9-16/h3-11,17,19H,2,12-15H2,1H3/t19-/m0/s1. The van der Waals surface area contributed by atoms with E-state index in [1.54, 1.807) is 16.7 Å². The number of carbonyl (C=O) groups is 2. The van der Waals surface area contributed by atoms with Gasteiger partial charge in [0.2, 0.25) is 16.9 Å². The number of benzene rings is 2. The van der Waals surface area contributed by atoms with E-state index >= 15 is 0 Å². The predicted molar refractivity (Wildman–Crippen MR) is 135 cm³/mol. The molecule has 0 saturated heterocycles. The third-order valence-corrected chi connectivity index (χ3v) is 8.87. The van der Waals surface area contributed by atoms with Gasteiger partial charge in [-0.2, -0.15) is 0 Å². The molecule has 2 aromatic carbocycles. The number of hydrogen-bond acceptors (Lipinski definition) is 7. The Kier molecular flexibility index (Phi) is 6.71. The number of nitrogens with zero attached hydrogens (tertiary/aromatic N) is 4. The summed E-state index contributed by atoms with van der Waals surface area (Å²) in [6, 6.07) is 18.5. The molecule has 33 heavy (non-hydrogen) atoms. The van der Waals surface area contributed by atoms with Crippen LogP contribution >= 0.6 is 34.9 Å². The second-order valence-corrected chi connectivity index (χ2v) is 11.2. The van der Waals surface area contributed by atoms with Crippen LogP contribution < -0.4 is 9.80 Å². The molecule has 1 saturated carbocycles. The van der Waals surface area contributed by atoms with Crippen molar-refractivity contribution >= 4 is 57.5 Å². The van der Waals surface area contributed by atoms with Crippen molar-refractivity contribution in [3.63, 3.8) is 0 Å². The van der Waals surface area contributed by atoms with Crippen molar-refractivity contribution in [2.45, 2.75) is 47.5 Å². The lowest BCUT2D eigenvalue weighted by Gasteiger charge is -2.37. The van der Waals surface area contributed by atoms with Crippen molar-refractivity contribution in [3.8, 4) is 0 Å². The average molecular weight is 497 g/mol. The van der Waals surface area contributed by atoms with Crippen LogP contribution in [0.1, 0.15) is 37.8 Å². The van der Waals surface area contributed by atoms with Gasteiger partial charge in [-0.3, -0.25) is 14.5 Å². The molecule has 0 bridgehead atoms. The van der Waals surface area contributed by atoms with Crippen molar-refractivity contribution in [3.05, 3.63) is 60.2 Å². The topological polar surface area (TPSA) is 66.4 Å². The molecular formula is C24H24N4O2S3. The van der Waals surface area contributed by atoms with Gasteiger partial charge >= 0.3 is 0 Å². The Balaban J connectivity index is 1.34. The molecule has 6 nitrogen and oxygen atoms in total. The summed E-state index contributed by atoms with van der Waals surface area (Å²) >= 11 is 4.58. The molecule has 5 rings (SSSR count). The first-order valence-corrected chi connectivity index (χ1v) is 13.8. The van der Waals surface area contributed by atoms with Crippen LogP contribution in [0.15, 0.2) is 63.8 Å². The zero-order chi connectivity index (χ0) is 22.8. The maximum Gasteiger partial charge on any atom is 0.238 e. The molecule has 9 heteroatoms. The minimum atomic E-state index is -0.0169. The van der Waals surface area contributed by atoms with Crippen LogP contribution in [-0.2, 0) is 9.59 Å². The van der Waals surface area contributed by atoms with E-state index in [0.717, 1.165) is 34.7 Å². The van der Waals surface area contributed by atoms with E-state index in [1.807, 2.05) is 48.2 Å². The molecule has 1 aromatic heterocycles. The first-order chi connectivity index (χ1) is 16.2. The number of amides is 2. The molecule has 1 aliphatic heterocycles. The first-order valence-electron chi connectivity index (χ1n) is 11.0. The van der Waals surface area contributed by atoms with Gasteiger partial charge in [0.15, 0.2) is 4.34 Å². The van der Waals surface area contributed by atoms with Gasteiger partial charge in [-0.25, -0.2) is 0 Å². The number of thioether (sulfide) groups is 2. The van der Waals surface area contributed by atoms with Crippen LogP contribution in [0.25, 0.3) is 0 Å². The monoisotopic (exact) mass is 496 g/mol. The van der Waals surface area contributed by atoms with Gasteiger partial charge in [-0.1, -0.05) is 72.5 Å². The van der Waals surface area contributed by atoms with Crippen LogP contribution in [0.4, 0.5) is 10.8 Å². The second kappa shape index (κ2) is 9.87. The van der Waals surface area contributed by atoms with Crippen LogP contribution in [0.3, 0.4) is 0 Å². The Morgan fingerprint density at radius 2 is 1.85 bits per heavy atom. The van der Waals surface area contributed by atoms with E-state index in [4.69, 9.17) is 0 Å². The number of carbonyl (C=O) groups excluding carboxylic acids is 2. The van der Waals surface area contributed by atoms with Gasteiger partial charge in [0, 0.05) is 23.1 Å². The predicted octanol–water partition coefficient (Wildman–Crippen LogP) is 5.42. The van der Waals surface area contributed by atoms with Crippen molar-refractivity contribution in [2.75, 3.05) is 21.3 Å². The van der Waals surface area contributed by atoms with Gasteiger partial charge in [0.1, 0.15) is 0 Å². The van der Waals surface area contributed by atoms with Crippen LogP contribution in [0.5, 0.6) is 0 Å². The Bertz CT molecular complexity index is 1150. The summed E-state index contributed by atoms with van der Waals surface area (Å²) in [5, 5.41) is 9.17. The van der Waals surface area contributed by atoms with E-state index in [9.17, 15) is 9.59 Å². The maximum absolute atomic E-state index is 13.5. The Labute approximate surface area is 205 Å². The molecule has 2 aliphatic rings. The Morgan fingerprint density at radius 1 is 1.09 bits per heavy atom. The van der Waals surface area contributed by atoms with E-state index in [1.165, 1.54) is 23.1 Å². The quantitative estimate of drug-likeness (QED) is 0.322. The summed E-state index contributed by atoms with van der Waals surface area (Å²) in [6.07, 6.45) is 2.48. The normalized spacial score (nSPS) is 17.5. The van der Waals surface area contributed by atoms with E-state index < -0.39 is 0 Å². The Morgan fingerprint density at radius 3 is 2.61 bits per heavy atom. The Hall–Kier alpha value is -2.36. The highest BCUT2D eigenvalue weighted by atomic mass is 32.2. The lowest BCUT2D eigenvalue weighted by Crippen LogP contribution is -2.39. The average Bonchev–Trinajstić information content (AvgIpc) is 3.59. The molecule has 0 radical (unpaired) electrons. The van der Waals surface area contributed by atoms with Gasteiger partial charge in [-0.05, 0) is 30.5 Å². The van der Waals surface area contributed by atoms with Gasteiger partial charge in [-0.15, -0.1) is 22.0 Å². The number of rotatable bonds is 7. The molecule has 1 atom stereocenters. The molecular weight excluding hydrogens is 472 g/mol. The van der Waals surface area contributed by atoms with Gasteiger partial charge in [0.05, 0.1) is 17.5 Å². The first kappa shape index (κ1) is 22.4. The third kappa shape index (κ3) is 4.81.